The van der Waals surface area contributed by atoms with Gasteiger partial charge in [-0.05, 0) is 11.1 Å². The predicted molar refractivity (Wildman–Crippen MR) is 165 cm³/mol. The summed E-state index contributed by atoms with van der Waals surface area (Å²) in [7, 11) is 4.73. The largest absolute Gasteiger partial charge is 0.481 e. The fourth-order valence-corrected chi connectivity index (χ4v) is 6.94. The van der Waals surface area contributed by atoms with Crippen molar-refractivity contribution in [3.05, 3.63) is 77.4 Å². The highest BCUT2D eigenvalue weighted by atomic mass is 16.5. The average molecular weight is 603 g/mol. The van der Waals surface area contributed by atoms with Crippen LogP contribution in [0.25, 0.3) is 0 Å². The van der Waals surface area contributed by atoms with E-state index in [1.165, 1.54) is 18.2 Å². The van der Waals surface area contributed by atoms with Gasteiger partial charge in [-0.25, -0.2) is 4.79 Å². The van der Waals surface area contributed by atoms with Crippen LogP contribution in [0.5, 0.6) is 17.8 Å². The Bertz CT molecular complexity index is 1330. The Kier molecular flexibility index (Phi) is 9.44. The maximum absolute atomic E-state index is 13.6. The molecule has 0 aliphatic carbocycles. The first kappa shape index (κ1) is 30.1. The van der Waals surface area contributed by atoms with Gasteiger partial charge < -0.3 is 28.7 Å². The molecule has 3 fully saturated rings. The minimum Gasteiger partial charge on any atom is -0.481 e. The number of fused-ring (bicyclic) bond motifs is 1. The van der Waals surface area contributed by atoms with Crippen LogP contribution in [0.3, 0.4) is 0 Å². The topological polar surface area (TPSA) is 92.7 Å². The monoisotopic (exact) mass is 602 g/mol. The molecule has 4 heterocycles. The van der Waals surface area contributed by atoms with Gasteiger partial charge in [0.1, 0.15) is 0 Å². The number of urea groups is 1. The third-order valence-electron chi connectivity index (χ3n) is 8.98. The molecule has 0 saturated carbocycles. The molecule has 6 rings (SSSR count). The maximum atomic E-state index is 13.6. The molecule has 3 aliphatic heterocycles. The van der Waals surface area contributed by atoms with E-state index in [1.807, 2.05) is 9.80 Å². The van der Waals surface area contributed by atoms with Crippen molar-refractivity contribution in [2.45, 2.75) is 24.5 Å². The van der Waals surface area contributed by atoms with E-state index in [0.717, 1.165) is 25.2 Å². The summed E-state index contributed by atoms with van der Waals surface area (Å²) in [6.45, 7) is 6.75. The van der Waals surface area contributed by atoms with Gasteiger partial charge in [0.05, 0.1) is 40.1 Å². The van der Waals surface area contributed by atoms with Gasteiger partial charge in [-0.2, -0.15) is 9.97 Å². The summed E-state index contributed by atoms with van der Waals surface area (Å²) in [5, 5.41) is 0. The molecule has 0 N–H and O–H groups in total. The van der Waals surface area contributed by atoms with E-state index < -0.39 is 0 Å². The maximum Gasteiger partial charge on any atom is 0.322 e. The summed E-state index contributed by atoms with van der Waals surface area (Å²) < 4.78 is 22.2. The number of aromatic nitrogens is 2. The summed E-state index contributed by atoms with van der Waals surface area (Å²) in [6.07, 6.45) is 0. The zero-order valence-electron chi connectivity index (χ0n) is 25.8. The highest BCUT2D eigenvalue weighted by molar-refractivity contribution is 5.74. The lowest BCUT2D eigenvalue weighted by Gasteiger charge is -2.54. The average Bonchev–Trinajstić information content (AvgIpc) is 3.09. The SMILES string of the molecule is COc1nc(OC)c(CN2CC3CN(C(=O)N4CCOCC4)CCN3C(C(c3ccccc3)c3ccccc3)C2)c(OC)n1. The first-order valence-electron chi connectivity index (χ1n) is 15.3. The van der Waals surface area contributed by atoms with Crippen molar-refractivity contribution in [3.8, 4) is 17.8 Å². The van der Waals surface area contributed by atoms with Gasteiger partial charge in [-0.15, -0.1) is 0 Å². The quantitative estimate of drug-likeness (QED) is 0.386. The summed E-state index contributed by atoms with van der Waals surface area (Å²) >= 11 is 0. The van der Waals surface area contributed by atoms with Crippen LogP contribution in [0.15, 0.2) is 60.7 Å². The van der Waals surface area contributed by atoms with E-state index >= 15 is 0 Å². The Balaban J connectivity index is 1.35. The number of ether oxygens (including phenoxy) is 4. The van der Waals surface area contributed by atoms with Crippen molar-refractivity contribution >= 4 is 6.03 Å². The Labute approximate surface area is 259 Å². The minimum atomic E-state index is 0.108. The molecule has 2 unspecified atom stereocenters. The lowest BCUT2D eigenvalue weighted by Crippen LogP contribution is -2.68. The molecule has 0 spiro atoms. The molecule has 0 bridgehead atoms. The fourth-order valence-electron chi connectivity index (χ4n) is 6.94. The standard InChI is InChI=1S/C33H42N6O5/c1-41-30-27(31(42-2)35-32(34-30)43-3)22-36-20-26-21-38(33(40)37-16-18-44-19-17-37)14-15-39(26)28(23-36)29(24-10-6-4-7-11-24)25-12-8-5-9-13-25/h4-13,26,28-29H,14-23H2,1-3H3. The van der Waals surface area contributed by atoms with Crippen molar-refractivity contribution in [1.82, 2.24) is 29.6 Å². The second kappa shape index (κ2) is 13.8. The molecular weight excluding hydrogens is 560 g/mol. The number of methoxy groups -OCH3 is 3. The number of rotatable bonds is 8. The molecule has 11 nitrogen and oxygen atoms in total. The number of piperazine rings is 2. The lowest BCUT2D eigenvalue weighted by atomic mass is 9.81. The number of carbonyl (C=O) groups excluding carboxylic acids is 1. The predicted octanol–water partition coefficient (Wildman–Crippen LogP) is 2.96. The van der Waals surface area contributed by atoms with Crippen LogP contribution in [-0.4, -0.2) is 128 Å². The van der Waals surface area contributed by atoms with Crippen LogP contribution in [-0.2, 0) is 11.3 Å². The van der Waals surface area contributed by atoms with Crippen molar-refractivity contribution in [1.29, 1.82) is 0 Å². The van der Waals surface area contributed by atoms with Gasteiger partial charge in [0, 0.05) is 70.4 Å². The molecular formula is C33H42N6O5. The molecule has 11 heteroatoms. The molecule has 3 saturated heterocycles. The number of morpholine rings is 1. The third-order valence-corrected chi connectivity index (χ3v) is 8.98. The molecule has 0 radical (unpaired) electrons. The molecule has 234 valence electrons. The van der Waals surface area contributed by atoms with Crippen LogP contribution in [0, 0.1) is 0 Å². The molecule has 44 heavy (non-hydrogen) atoms. The van der Waals surface area contributed by atoms with Crippen LogP contribution in [0.2, 0.25) is 0 Å². The van der Waals surface area contributed by atoms with Crippen molar-refractivity contribution in [2.75, 3.05) is 80.4 Å². The van der Waals surface area contributed by atoms with Gasteiger partial charge in [0.2, 0.25) is 11.8 Å². The molecule has 2 aromatic carbocycles. The van der Waals surface area contributed by atoms with Crippen molar-refractivity contribution in [2.24, 2.45) is 0 Å². The van der Waals surface area contributed by atoms with Gasteiger partial charge >= 0.3 is 12.0 Å². The van der Waals surface area contributed by atoms with E-state index in [-0.39, 0.29) is 30.0 Å². The minimum absolute atomic E-state index is 0.108. The molecule has 2 amide bonds. The second-order valence-electron chi connectivity index (χ2n) is 11.5. The number of amides is 2. The fraction of sp³-hybridized carbons (Fsp3) is 0.485. The second-order valence-corrected chi connectivity index (χ2v) is 11.5. The highest BCUT2D eigenvalue weighted by Gasteiger charge is 2.44. The number of carbonyl (C=O) groups is 1. The van der Waals surface area contributed by atoms with Crippen molar-refractivity contribution in [3.63, 3.8) is 0 Å². The van der Waals surface area contributed by atoms with E-state index in [9.17, 15) is 4.79 Å². The third kappa shape index (κ3) is 6.31. The number of nitrogens with zero attached hydrogens (tertiary/aromatic N) is 6. The summed E-state index contributed by atoms with van der Waals surface area (Å²) in [6, 6.07) is 22.1. The Morgan fingerprint density at radius 2 is 1.41 bits per heavy atom. The van der Waals surface area contributed by atoms with E-state index in [2.05, 4.69) is 80.4 Å². The van der Waals surface area contributed by atoms with Crippen LogP contribution in [0.1, 0.15) is 22.6 Å². The highest BCUT2D eigenvalue weighted by Crippen LogP contribution is 2.37. The van der Waals surface area contributed by atoms with Gasteiger partial charge in [-0.3, -0.25) is 9.80 Å². The molecule has 3 aliphatic rings. The normalized spacial score (nSPS) is 21.2. The Hall–Kier alpha value is -3.93. The summed E-state index contributed by atoms with van der Waals surface area (Å²) in [4.78, 5) is 31.5. The Morgan fingerprint density at radius 3 is 1.98 bits per heavy atom. The zero-order chi connectivity index (χ0) is 30.5. The van der Waals surface area contributed by atoms with E-state index in [0.29, 0.717) is 57.7 Å². The first-order chi connectivity index (χ1) is 21.6. The van der Waals surface area contributed by atoms with Crippen LogP contribution >= 0.6 is 0 Å². The Morgan fingerprint density at radius 1 is 0.795 bits per heavy atom. The van der Waals surface area contributed by atoms with E-state index in [1.54, 1.807) is 14.2 Å². The number of hydrogen-bond acceptors (Lipinski definition) is 9. The summed E-state index contributed by atoms with van der Waals surface area (Å²) in [5.41, 5.74) is 3.33. The van der Waals surface area contributed by atoms with Gasteiger partial charge in [0.15, 0.2) is 0 Å². The zero-order valence-corrected chi connectivity index (χ0v) is 25.8. The molecule has 3 aromatic rings. The lowest BCUT2D eigenvalue weighted by molar-refractivity contribution is -0.0315. The van der Waals surface area contributed by atoms with E-state index in [4.69, 9.17) is 18.9 Å². The van der Waals surface area contributed by atoms with Gasteiger partial charge in [-0.1, -0.05) is 60.7 Å². The number of hydrogen-bond donors (Lipinski definition) is 0. The number of benzene rings is 2. The van der Waals surface area contributed by atoms with Gasteiger partial charge in [0.25, 0.3) is 0 Å². The first-order valence-corrected chi connectivity index (χ1v) is 15.3. The molecule has 2 atom stereocenters. The van der Waals surface area contributed by atoms with Crippen LogP contribution < -0.4 is 14.2 Å². The smallest absolute Gasteiger partial charge is 0.322 e. The summed E-state index contributed by atoms with van der Waals surface area (Å²) in [5.74, 6) is 1.01. The molecule has 1 aromatic heterocycles. The van der Waals surface area contributed by atoms with Crippen molar-refractivity contribution < 1.29 is 23.7 Å². The van der Waals surface area contributed by atoms with Crippen LogP contribution in [0.4, 0.5) is 4.79 Å².